The second-order valence-corrected chi connectivity index (χ2v) is 9.20. The van der Waals surface area contributed by atoms with Crippen molar-refractivity contribution in [3.05, 3.63) is 84.3 Å². The number of Topliss-reactive ketones (excluding diaryl/α,β-unsaturated/α-hetero) is 1. The van der Waals surface area contributed by atoms with Crippen molar-refractivity contribution in [1.29, 1.82) is 0 Å². The minimum absolute atomic E-state index is 0.0845. The monoisotopic (exact) mass is 479 g/mol. The highest BCUT2D eigenvalue weighted by Crippen LogP contribution is 2.21. The first-order valence-electron chi connectivity index (χ1n) is 11.1. The molecule has 6 nitrogen and oxygen atoms in total. The van der Waals surface area contributed by atoms with Gasteiger partial charge in [-0.25, -0.2) is 4.79 Å². The molecular weight excluding hydrogens is 450 g/mol. The van der Waals surface area contributed by atoms with Gasteiger partial charge in [0.2, 0.25) is 0 Å². The number of methoxy groups -OCH3 is 1. The quantitative estimate of drug-likeness (QED) is 0.365. The van der Waals surface area contributed by atoms with Crippen molar-refractivity contribution < 1.29 is 19.1 Å². The lowest BCUT2D eigenvalue weighted by Gasteiger charge is -2.10. The Morgan fingerprint density at radius 3 is 2.41 bits per heavy atom. The zero-order valence-electron chi connectivity index (χ0n) is 20.1. The number of hydrogen-bond donors (Lipinski definition) is 0. The number of aromatic nitrogens is 1. The van der Waals surface area contributed by atoms with Crippen LogP contribution in [0.2, 0.25) is 0 Å². The predicted molar refractivity (Wildman–Crippen MR) is 135 cm³/mol. The number of rotatable bonds is 8. The van der Waals surface area contributed by atoms with Crippen molar-refractivity contribution in [3.8, 4) is 5.75 Å². The van der Waals surface area contributed by atoms with E-state index in [1.165, 1.54) is 41.6 Å². The molecule has 34 heavy (non-hydrogen) atoms. The van der Waals surface area contributed by atoms with Gasteiger partial charge < -0.3 is 9.47 Å². The van der Waals surface area contributed by atoms with Crippen LogP contribution in [-0.2, 0) is 16.1 Å². The van der Waals surface area contributed by atoms with Crippen molar-refractivity contribution >= 4 is 35.2 Å². The number of nitrogens with zero attached hydrogens (tertiary/aromatic N) is 1. The Bertz CT molecular complexity index is 1360. The first-order chi connectivity index (χ1) is 16.2. The fraction of sp³-hybridized carbons (Fsp3) is 0.296. The third kappa shape index (κ3) is 5.91. The van der Waals surface area contributed by atoms with Gasteiger partial charge in [0.25, 0.3) is 5.56 Å². The Kier molecular flexibility index (Phi) is 8.23. The second kappa shape index (κ2) is 11.1. The Morgan fingerprint density at radius 2 is 1.82 bits per heavy atom. The maximum Gasteiger partial charge on any atom is 0.333 e. The molecule has 0 atom stereocenters. The van der Waals surface area contributed by atoms with Crippen LogP contribution in [0.15, 0.2) is 47.3 Å². The lowest BCUT2D eigenvalue weighted by atomic mass is 10.0. The number of ketones is 1. The van der Waals surface area contributed by atoms with Crippen LogP contribution >= 0.6 is 11.3 Å². The van der Waals surface area contributed by atoms with Crippen LogP contribution in [0.3, 0.4) is 0 Å². The van der Waals surface area contributed by atoms with Gasteiger partial charge >= 0.3 is 5.97 Å². The van der Waals surface area contributed by atoms with E-state index in [9.17, 15) is 14.4 Å². The molecule has 0 unspecified atom stereocenters. The van der Waals surface area contributed by atoms with Crippen molar-refractivity contribution in [2.45, 2.75) is 40.2 Å². The lowest BCUT2D eigenvalue weighted by Crippen LogP contribution is -2.32. The van der Waals surface area contributed by atoms with Crippen molar-refractivity contribution in [2.75, 3.05) is 13.7 Å². The van der Waals surface area contributed by atoms with Crippen LogP contribution in [0.4, 0.5) is 0 Å². The number of carbonyl (C=O) groups is 2. The normalized spacial score (nSPS) is 12.3. The minimum atomic E-state index is -0.519. The van der Waals surface area contributed by atoms with Gasteiger partial charge in [-0.15, -0.1) is 11.3 Å². The number of benzene rings is 2. The smallest absolute Gasteiger partial charge is 0.333 e. The first kappa shape index (κ1) is 25.2. The van der Waals surface area contributed by atoms with Crippen LogP contribution in [0.5, 0.6) is 5.75 Å². The molecule has 0 bridgehead atoms. The van der Waals surface area contributed by atoms with Crippen LogP contribution in [0.1, 0.15) is 60.7 Å². The molecule has 0 spiro atoms. The van der Waals surface area contributed by atoms with Gasteiger partial charge in [0.15, 0.2) is 5.78 Å². The molecule has 0 aliphatic rings. The summed E-state index contributed by atoms with van der Waals surface area (Å²) in [4.78, 5) is 37.5. The summed E-state index contributed by atoms with van der Waals surface area (Å²) in [6.07, 6.45) is 3.15. The predicted octanol–water partition coefficient (Wildman–Crippen LogP) is 3.47. The van der Waals surface area contributed by atoms with Gasteiger partial charge in [-0.2, -0.15) is 0 Å². The van der Waals surface area contributed by atoms with Gasteiger partial charge in [-0.1, -0.05) is 38.1 Å². The zero-order chi connectivity index (χ0) is 24.8. The average Bonchev–Trinajstić information content (AvgIpc) is 3.08. The molecule has 2 aromatic carbocycles. The fourth-order valence-electron chi connectivity index (χ4n) is 3.50. The topological polar surface area (TPSA) is 74.6 Å². The maximum atomic E-state index is 13.4. The third-order valence-electron chi connectivity index (χ3n) is 5.38. The summed E-state index contributed by atoms with van der Waals surface area (Å²) < 4.78 is 13.0. The molecule has 1 heterocycles. The van der Waals surface area contributed by atoms with Crippen LogP contribution < -0.4 is 19.5 Å². The van der Waals surface area contributed by atoms with E-state index in [-0.39, 0.29) is 24.5 Å². The van der Waals surface area contributed by atoms with E-state index in [1.54, 1.807) is 25.1 Å². The summed E-state index contributed by atoms with van der Waals surface area (Å²) in [5.41, 5.74) is 3.07. The summed E-state index contributed by atoms with van der Waals surface area (Å²) >= 11 is 1.22. The molecule has 0 amide bonds. The Morgan fingerprint density at radius 1 is 1.12 bits per heavy atom. The van der Waals surface area contributed by atoms with E-state index in [2.05, 4.69) is 13.8 Å². The molecule has 0 radical (unpaired) electrons. The molecule has 0 saturated heterocycles. The SMILES string of the molecule is CCOC(=O)C=c1sc(=Cc2ccc(C(C)C)cc2)c(=O)n1Cc1cc(C(C)=O)ccc1OC. The molecule has 0 aliphatic carbocycles. The molecule has 0 aliphatic heterocycles. The summed E-state index contributed by atoms with van der Waals surface area (Å²) in [7, 11) is 1.54. The Balaban J connectivity index is 2.16. The molecule has 178 valence electrons. The van der Waals surface area contributed by atoms with Gasteiger partial charge in [-0.05, 0) is 55.2 Å². The van der Waals surface area contributed by atoms with E-state index < -0.39 is 5.97 Å². The summed E-state index contributed by atoms with van der Waals surface area (Å²) in [5.74, 6) is 0.369. The number of esters is 1. The maximum absolute atomic E-state index is 13.4. The van der Waals surface area contributed by atoms with Crippen molar-refractivity contribution in [3.63, 3.8) is 0 Å². The van der Waals surface area contributed by atoms with E-state index in [0.717, 1.165) is 5.56 Å². The molecule has 0 N–H and O–H groups in total. The summed E-state index contributed by atoms with van der Waals surface area (Å²) in [6.45, 7) is 7.85. The number of carbonyl (C=O) groups excluding carboxylic acids is 2. The van der Waals surface area contributed by atoms with E-state index in [0.29, 0.717) is 32.0 Å². The largest absolute Gasteiger partial charge is 0.496 e. The summed E-state index contributed by atoms with van der Waals surface area (Å²) in [5, 5.41) is 0. The molecule has 3 rings (SSSR count). The van der Waals surface area contributed by atoms with Gasteiger partial charge in [0, 0.05) is 11.1 Å². The molecule has 1 aromatic heterocycles. The fourth-order valence-corrected chi connectivity index (χ4v) is 4.53. The van der Waals surface area contributed by atoms with Gasteiger partial charge in [0.1, 0.15) is 10.4 Å². The molecule has 0 fully saturated rings. The first-order valence-corrected chi connectivity index (χ1v) is 11.9. The lowest BCUT2D eigenvalue weighted by molar-refractivity contribution is -0.135. The number of ether oxygens (including phenoxy) is 2. The average molecular weight is 480 g/mol. The van der Waals surface area contributed by atoms with Crippen LogP contribution in [0, 0.1) is 0 Å². The highest BCUT2D eigenvalue weighted by atomic mass is 32.1. The van der Waals surface area contributed by atoms with Crippen molar-refractivity contribution in [1.82, 2.24) is 4.57 Å². The molecule has 7 heteroatoms. The van der Waals surface area contributed by atoms with Crippen molar-refractivity contribution in [2.24, 2.45) is 0 Å². The highest BCUT2D eigenvalue weighted by Gasteiger charge is 2.13. The van der Waals surface area contributed by atoms with E-state index in [4.69, 9.17) is 9.47 Å². The second-order valence-electron chi connectivity index (χ2n) is 8.14. The Hall–Kier alpha value is -3.45. The van der Waals surface area contributed by atoms with Gasteiger partial charge in [0.05, 0.1) is 30.9 Å². The molecule has 3 aromatic rings. The minimum Gasteiger partial charge on any atom is -0.496 e. The van der Waals surface area contributed by atoms with Crippen LogP contribution in [-0.4, -0.2) is 30.0 Å². The number of thiazole rings is 1. The van der Waals surface area contributed by atoms with E-state index in [1.807, 2.05) is 30.3 Å². The van der Waals surface area contributed by atoms with Crippen LogP contribution in [0.25, 0.3) is 12.2 Å². The van der Waals surface area contributed by atoms with Gasteiger partial charge in [-0.3, -0.25) is 14.2 Å². The Labute approximate surface area is 202 Å². The molecular formula is C27H29NO5S. The standard InChI is InChI=1S/C27H29NO5S/c1-6-33-26(30)15-25-28(16-22-14-21(18(4)29)11-12-23(22)32-5)27(31)24(34-25)13-19-7-9-20(10-8-19)17(2)3/h7-15,17H,6,16H2,1-5H3. The highest BCUT2D eigenvalue weighted by molar-refractivity contribution is 7.07. The van der Waals surface area contributed by atoms with E-state index >= 15 is 0 Å². The summed E-state index contributed by atoms with van der Waals surface area (Å²) in [6, 6.07) is 13.2. The number of hydrogen-bond acceptors (Lipinski definition) is 6. The molecule has 0 saturated carbocycles. The zero-order valence-corrected chi connectivity index (χ0v) is 20.9. The third-order valence-corrected chi connectivity index (χ3v) is 6.44.